The highest BCUT2D eigenvalue weighted by Crippen LogP contribution is 2.22. The second-order valence-corrected chi connectivity index (χ2v) is 3.68. The molecule has 0 fully saturated rings. The molecule has 1 aromatic carbocycles. The van der Waals surface area contributed by atoms with Crippen LogP contribution in [0.15, 0.2) is 30.5 Å². The van der Waals surface area contributed by atoms with Crippen LogP contribution in [0, 0.1) is 5.82 Å². The summed E-state index contributed by atoms with van der Waals surface area (Å²) >= 11 is 11.4. The first kappa shape index (κ1) is 10.3. The molecule has 0 radical (unpaired) electrons. The highest BCUT2D eigenvalue weighted by molar-refractivity contribution is 6.31. The molecular formula is C10H5Cl2FN2. The molecule has 0 spiro atoms. The van der Waals surface area contributed by atoms with E-state index in [4.69, 9.17) is 23.2 Å². The molecule has 0 amide bonds. The fraction of sp³-hybridized carbons (Fsp3) is 0. The van der Waals surface area contributed by atoms with E-state index in [-0.39, 0.29) is 0 Å². The quantitative estimate of drug-likeness (QED) is 0.715. The van der Waals surface area contributed by atoms with Crippen molar-refractivity contribution in [1.29, 1.82) is 0 Å². The minimum Gasteiger partial charge on any atom is -0.236 e. The average molecular weight is 243 g/mol. The van der Waals surface area contributed by atoms with Crippen molar-refractivity contribution in [2.45, 2.75) is 0 Å². The Hall–Kier alpha value is -1.19. The molecule has 0 N–H and O–H groups in total. The van der Waals surface area contributed by atoms with Crippen molar-refractivity contribution in [2.24, 2.45) is 0 Å². The van der Waals surface area contributed by atoms with E-state index in [2.05, 4.69) is 9.97 Å². The Bertz CT molecular complexity index is 482. The smallest absolute Gasteiger partial charge is 0.160 e. The molecule has 5 heteroatoms. The summed E-state index contributed by atoms with van der Waals surface area (Å²) < 4.78 is 13.0. The molecule has 0 atom stereocenters. The highest BCUT2D eigenvalue weighted by Gasteiger charge is 2.05. The number of hydrogen-bond donors (Lipinski definition) is 0. The van der Waals surface area contributed by atoms with Crippen LogP contribution in [0.2, 0.25) is 10.2 Å². The summed E-state index contributed by atoms with van der Waals surface area (Å²) in [5.41, 5.74) is 0.502. The lowest BCUT2D eigenvalue weighted by Crippen LogP contribution is -1.89. The zero-order valence-electron chi connectivity index (χ0n) is 7.42. The second kappa shape index (κ2) is 4.13. The average Bonchev–Trinajstić information content (AvgIpc) is 2.16. The van der Waals surface area contributed by atoms with E-state index in [0.717, 1.165) is 0 Å². The van der Waals surface area contributed by atoms with E-state index in [0.29, 0.717) is 21.6 Å². The maximum Gasteiger partial charge on any atom is 0.160 e. The molecule has 2 rings (SSSR count). The molecule has 1 aromatic heterocycles. The van der Waals surface area contributed by atoms with Gasteiger partial charge in [0.25, 0.3) is 0 Å². The molecule has 0 bridgehead atoms. The number of hydrogen-bond acceptors (Lipinski definition) is 2. The summed E-state index contributed by atoms with van der Waals surface area (Å²) in [6.07, 6.45) is 1.50. The van der Waals surface area contributed by atoms with E-state index >= 15 is 0 Å². The minimum absolute atomic E-state index is 0.300. The van der Waals surface area contributed by atoms with Gasteiger partial charge in [-0.25, -0.2) is 14.4 Å². The van der Waals surface area contributed by atoms with Gasteiger partial charge in [0.15, 0.2) is 5.82 Å². The predicted octanol–water partition coefficient (Wildman–Crippen LogP) is 3.59. The summed E-state index contributed by atoms with van der Waals surface area (Å²) in [6.45, 7) is 0. The standard InChI is InChI=1S/C10H5Cl2FN2/c11-7-3-6(4-8(13)5-7)10-14-2-1-9(12)15-10/h1-5H. The van der Waals surface area contributed by atoms with Gasteiger partial charge in [-0.3, -0.25) is 0 Å². The normalized spacial score (nSPS) is 10.3. The van der Waals surface area contributed by atoms with Crippen molar-refractivity contribution in [1.82, 2.24) is 9.97 Å². The van der Waals surface area contributed by atoms with Crippen molar-refractivity contribution in [2.75, 3.05) is 0 Å². The molecule has 0 aliphatic heterocycles. The number of halogens is 3. The third-order valence-corrected chi connectivity index (χ3v) is 2.17. The zero-order chi connectivity index (χ0) is 10.8. The van der Waals surface area contributed by atoms with Crippen LogP contribution in [0.3, 0.4) is 0 Å². The number of aromatic nitrogens is 2. The fourth-order valence-electron chi connectivity index (χ4n) is 1.16. The van der Waals surface area contributed by atoms with E-state index < -0.39 is 5.82 Å². The Kier molecular flexibility index (Phi) is 2.84. The predicted molar refractivity (Wildman–Crippen MR) is 57.4 cm³/mol. The van der Waals surface area contributed by atoms with Gasteiger partial charge in [-0.2, -0.15) is 0 Å². The van der Waals surface area contributed by atoms with E-state index in [1.807, 2.05) is 0 Å². The van der Waals surface area contributed by atoms with Gasteiger partial charge < -0.3 is 0 Å². The summed E-state index contributed by atoms with van der Waals surface area (Å²) in [5, 5.41) is 0.606. The Morgan fingerprint density at radius 1 is 1.13 bits per heavy atom. The van der Waals surface area contributed by atoms with Gasteiger partial charge in [-0.05, 0) is 24.3 Å². The lowest BCUT2D eigenvalue weighted by atomic mass is 10.2. The fourth-order valence-corrected chi connectivity index (χ4v) is 1.52. The summed E-state index contributed by atoms with van der Waals surface area (Å²) in [7, 11) is 0. The molecule has 0 saturated carbocycles. The summed E-state index contributed by atoms with van der Waals surface area (Å²) in [6, 6.07) is 5.65. The van der Waals surface area contributed by atoms with Crippen molar-refractivity contribution >= 4 is 23.2 Å². The van der Waals surface area contributed by atoms with Gasteiger partial charge in [0.2, 0.25) is 0 Å². The van der Waals surface area contributed by atoms with Crippen LogP contribution in [0.25, 0.3) is 11.4 Å². The monoisotopic (exact) mass is 242 g/mol. The van der Waals surface area contributed by atoms with Crippen LogP contribution in [0.5, 0.6) is 0 Å². The first-order valence-corrected chi connectivity index (χ1v) is 4.86. The van der Waals surface area contributed by atoms with Crippen molar-refractivity contribution in [3.8, 4) is 11.4 Å². The van der Waals surface area contributed by atoms with Gasteiger partial charge in [0.1, 0.15) is 11.0 Å². The molecule has 15 heavy (non-hydrogen) atoms. The van der Waals surface area contributed by atoms with E-state index in [9.17, 15) is 4.39 Å². The second-order valence-electron chi connectivity index (χ2n) is 2.86. The molecule has 0 aliphatic carbocycles. The number of benzene rings is 1. The van der Waals surface area contributed by atoms with Crippen LogP contribution in [-0.4, -0.2) is 9.97 Å². The molecular weight excluding hydrogens is 238 g/mol. The summed E-state index contributed by atoms with van der Waals surface area (Å²) in [5.74, 6) is -0.0787. The Labute approximate surface area is 95.7 Å². The van der Waals surface area contributed by atoms with Crippen molar-refractivity contribution < 1.29 is 4.39 Å². The Morgan fingerprint density at radius 3 is 2.60 bits per heavy atom. The molecule has 76 valence electrons. The number of rotatable bonds is 1. The SMILES string of the molecule is Fc1cc(Cl)cc(-c2nccc(Cl)n2)c1. The first-order chi connectivity index (χ1) is 7.15. The number of nitrogens with zero attached hydrogens (tertiary/aromatic N) is 2. The third-order valence-electron chi connectivity index (χ3n) is 1.74. The molecule has 0 unspecified atom stereocenters. The summed E-state index contributed by atoms with van der Waals surface area (Å²) in [4.78, 5) is 7.93. The zero-order valence-corrected chi connectivity index (χ0v) is 8.93. The molecule has 2 nitrogen and oxygen atoms in total. The molecule has 1 heterocycles. The Balaban J connectivity index is 2.54. The van der Waals surface area contributed by atoms with Crippen LogP contribution in [0.4, 0.5) is 4.39 Å². The van der Waals surface area contributed by atoms with Crippen LogP contribution in [-0.2, 0) is 0 Å². The molecule has 2 aromatic rings. The van der Waals surface area contributed by atoms with Crippen LogP contribution < -0.4 is 0 Å². The van der Waals surface area contributed by atoms with Crippen LogP contribution in [0.1, 0.15) is 0 Å². The van der Waals surface area contributed by atoms with Gasteiger partial charge in [0, 0.05) is 16.8 Å². The maximum atomic E-state index is 13.0. The van der Waals surface area contributed by atoms with Crippen molar-refractivity contribution in [3.05, 3.63) is 46.5 Å². The minimum atomic E-state index is -0.430. The maximum absolute atomic E-state index is 13.0. The molecule has 0 saturated heterocycles. The van der Waals surface area contributed by atoms with Crippen LogP contribution >= 0.6 is 23.2 Å². The first-order valence-electron chi connectivity index (χ1n) is 4.10. The molecule has 0 aliphatic rings. The van der Waals surface area contributed by atoms with E-state index in [1.54, 1.807) is 12.1 Å². The van der Waals surface area contributed by atoms with E-state index in [1.165, 1.54) is 18.3 Å². The third kappa shape index (κ3) is 2.43. The lowest BCUT2D eigenvalue weighted by molar-refractivity contribution is 0.628. The van der Waals surface area contributed by atoms with Gasteiger partial charge in [-0.15, -0.1) is 0 Å². The Morgan fingerprint density at radius 2 is 1.93 bits per heavy atom. The lowest BCUT2D eigenvalue weighted by Gasteiger charge is -2.01. The van der Waals surface area contributed by atoms with Gasteiger partial charge in [0.05, 0.1) is 0 Å². The van der Waals surface area contributed by atoms with Crippen molar-refractivity contribution in [3.63, 3.8) is 0 Å². The van der Waals surface area contributed by atoms with Gasteiger partial charge >= 0.3 is 0 Å². The largest absolute Gasteiger partial charge is 0.236 e. The topological polar surface area (TPSA) is 25.8 Å². The highest BCUT2D eigenvalue weighted by atomic mass is 35.5. The van der Waals surface area contributed by atoms with Gasteiger partial charge in [-0.1, -0.05) is 23.2 Å².